The lowest BCUT2D eigenvalue weighted by atomic mass is 9.97. The zero-order valence-electron chi connectivity index (χ0n) is 20.1. The molecule has 1 saturated heterocycles. The number of likely N-dealkylation sites (N-methyl/N-ethyl adjacent to an activating group) is 1. The van der Waals surface area contributed by atoms with E-state index in [-0.39, 0.29) is 5.43 Å². The van der Waals surface area contributed by atoms with Gasteiger partial charge in [-0.15, -0.1) is 0 Å². The third-order valence-corrected chi connectivity index (χ3v) is 6.79. The van der Waals surface area contributed by atoms with Gasteiger partial charge in [0.15, 0.2) is 5.75 Å². The summed E-state index contributed by atoms with van der Waals surface area (Å²) in [6.45, 7) is 4.22. The van der Waals surface area contributed by atoms with Crippen LogP contribution < -0.4 is 10.2 Å². The van der Waals surface area contributed by atoms with Gasteiger partial charge in [-0.05, 0) is 36.9 Å². The van der Waals surface area contributed by atoms with Crippen LogP contribution in [0, 0.1) is 0 Å². The lowest BCUT2D eigenvalue weighted by Crippen LogP contribution is -2.45. The second-order valence-electron chi connectivity index (χ2n) is 9.23. The highest BCUT2D eigenvalue weighted by molar-refractivity contribution is 5.93. The maximum Gasteiger partial charge on any atom is 0.232 e. The molecule has 0 amide bonds. The van der Waals surface area contributed by atoms with Gasteiger partial charge < -0.3 is 14.6 Å². The van der Waals surface area contributed by atoms with E-state index >= 15 is 0 Å². The van der Waals surface area contributed by atoms with Gasteiger partial charge >= 0.3 is 0 Å². The first-order valence-corrected chi connectivity index (χ1v) is 12.2. The molecule has 1 N–H and O–H groups in total. The van der Waals surface area contributed by atoms with Crippen LogP contribution >= 0.6 is 0 Å². The fourth-order valence-electron chi connectivity index (χ4n) is 4.65. The Kier molecular flexibility index (Phi) is 5.93. The van der Waals surface area contributed by atoms with Crippen molar-refractivity contribution in [1.82, 2.24) is 24.8 Å². The maximum absolute atomic E-state index is 13.5. The number of benzene rings is 2. The minimum Gasteiger partial charge on any atom is -0.472 e. The number of aromatic nitrogens is 3. The molecule has 0 radical (unpaired) electrons. The second-order valence-corrected chi connectivity index (χ2v) is 9.23. The molecule has 1 aliphatic rings. The maximum atomic E-state index is 13.5. The molecule has 180 valence electrons. The van der Waals surface area contributed by atoms with Crippen molar-refractivity contribution < 1.29 is 4.74 Å². The number of hydrogen-bond donors (Lipinski definition) is 1. The highest BCUT2D eigenvalue weighted by Gasteiger charge is 2.18. The Labute approximate surface area is 209 Å². The fourth-order valence-corrected chi connectivity index (χ4v) is 4.65. The van der Waals surface area contributed by atoms with E-state index < -0.39 is 0 Å². The average Bonchev–Trinajstić information content (AvgIpc) is 2.93. The van der Waals surface area contributed by atoms with E-state index in [0.717, 1.165) is 59.5 Å². The van der Waals surface area contributed by atoms with Crippen LogP contribution in [0.2, 0.25) is 0 Å². The van der Waals surface area contributed by atoms with E-state index in [9.17, 15) is 4.79 Å². The van der Waals surface area contributed by atoms with Gasteiger partial charge in [0, 0.05) is 55.1 Å². The largest absolute Gasteiger partial charge is 0.472 e. The summed E-state index contributed by atoms with van der Waals surface area (Å²) < 4.78 is 5.97. The molecule has 4 heterocycles. The third kappa shape index (κ3) is 4.34. The van der Waals surface area contributed by atoms with E-state index in [4.69, 9.17) is 9.72 Å². The Morgan fingerprint density at radius 2 is 1.78 bits per heavy atom. The van der Waals surface area contributed by atoms with E-state index in [0.29, 0.717) is 23.5 Å². The Hall–Kier alpha value is -4.07. The molecule has 0 spiro atoms. The van der Waals surface area contributed by atoms with Crippen molar-refractivity contribution >= 4 is 21.9 Å². The molecule has 0 aliphatic carbocycles. The van der Waals surface area contributed by atoms with E-state index in [1.165, 1.54) is 0 Å². The molecule has 0 bridgehead atoms. The van der Waals surface area contributed by atoms with Crippen molar-refractivity contribution in [1.29, 1.82) is 0 Å². The summed E-state index contributed by atoms with van der Waals surface area (Å²) in [4.78, 5) is 30.5. The molecule has 0 atom stereocenters. The molecule has 0 unspecified atom stereocenters. The number of aromatic amines is 1. The van der Waals surface area contributed by atoms with Crippen molar-refractivity contribution in [3.05, 3.63) is 89.3 Å². The van der Waals surface area contributed by atoms with Gasteiger partial charge in [0.05, 0.1) is 16.6 Å². The van der Waals surface area contributed by atoms with Crippen molar-refractivity contribution in [2.45, 2.75) is 0 Å². The monoisotopic (exact) mass is 477 g/mol. The molecular weight excluding hydrogens is 450 g/mol. The van der Waals surface area contributed by atoms with Crippen LogP contribution in [0.3, 0.4) is 0 Å². The Bertz CT molecular complexity index is 1590. The first kappa shape index (κ1) is 22.4. The predicted octanol–water partition coefficient (Wildman–Crippen LogP) is 4.39. The quantitative estimate of drug-likeness (QED) is 0.405. The summed E-state index contributed by atoms with van der Waals surface area (Å²) in [6, 6.07) is 22.1. The molecule has 6 rings (SSSR count). The number of nitrogens with one attached hydrogen (secondary N) is 1. The SMILES string of the molecule is CN1CCN(COc2c[nH]c3nc(-c4ccccc4)c(-c4ccc5ncccc5c4)cc3c2=O)CC1. The van der Waals surface area contributed by atoms with E-state index in [1.807, 2.05) is 60.7 Å². The minimum atomic E-state index is -0.159. The van der Waals surface area contributed by atoms with Gasteiger partial charge in [-0.3, -0.25) is 14.7 Å². The van der Waals surface area contributed by atoms with Gasteiger partial charge in [0.2, 0.25) is 5.43 Å². The number of ether oxygens (including phenoxy) is 1. The van der Waals surface area contributed by atoms with E-state index in [2.05, 4.69) is 32.9 Å². The number of hydrogen-bond acceptors (Lipinski definition) is 6. The molecule has 36 heavy (non-hydrogen) atoms. The molecule has 1 fully saturated rings. The fraction of sp³-hybridized carbons (Fsp3) is 0.207. The van der Waals surface area contributed by atoms with Crippen LogP contribution in [0.5, 0.6) is 5.75 Å². The number of rotatable bonds is 5. The van der Waals surface area contributed by atoms with Crippen molar-refractivity contribution in [2.75, 3.05) is 40.0 Å². The molecule has 0 saturated carbocycles. The van der Waals surface area contributed by atoms with Gasteiger partial charge in [0.25, 0.3) is 0 Å². The summed E-state index contributed by atoms with van der Waals surface area (Å²) in [5.41, 5.74) is 4.97. The molecule has 7 heteroatoms. The summed E-state index contributed by atoms with van der Waals surface area (Å²) >= 11 is 0. The molecule has 7 nitrogen and oxygen atoms in total. The van der Waals surface area contributed by atoms with Crippen molar-refractivity contribution in [3.63, 3.8) is 0 Å². The molecule has 5 aromatic rings. The number of piperazine rings is 1. The lowest BCUT2D eigenvalue weighted by Gasteiger charge is -2.31. The van der Waals surface area contributed by atoms with Crippen LogP contribution in [0.4, 0.5) is 0 Å². The number of H-pyrrole nitrogens is 1. The zero-order valence-corrected chi connectivity index (χ0v) is 20.1. The van der Waals surface area contributed by atoms with Gasteiger partial charge in [-0.1, -0.05) is 42.5 Å². The Morgan fingerprint density at radius 3 is 2.61 bits per heavy atom. The van der Waals surface area contributed by atoms with Crippen molar-refractivity contribution in [3.8, 4) is 28.1 Å². The molecular formula is C29H27N5O2. The number of fused-ring (bicyclic) bond motifs is 2. The van der Waals surface area contributed by atoms with Crippen LogP contribution in [0.1, 0.15) is 0 Å². The normalized spacial score (nSPS) is 14.9. The third-order valence-electron chi connectivity index (χ3n) is 6.79. The van der Waals surface area contributed by atoms with Gasteiger partial charge in [-0.2, -0.15) is 0 Å². The second kappa shape index (κ2) is 9.53. The molecule has 1 aliphatic heterocycles. The van der Waals surface area contributed by atoms with Crippen LogP contribution in [-0.2, 0) is 0 Å². The summed E-state index contributed by atoms with van der Waals surface area (Å²) in [5, 5.41) is 1.54. The molecule has 3 aromatic heterocycles. The van der Waals surface area contributed by atoms with Crippen LogP contribution in [0.15, 0.2) is 83.9 Å². The summed E-state index contributed by atoms with van der Waals surface area (Å²) in [6.07, 6.45) is 3.42. The van der Waals surface area contributed by atoms with Crippen LogP contribution in [0.25, 0.3) is 44.3 Å². The smallest absolute Gasteiger partial charge is 0.232 e. The Morgan fingerprint density at radius 1 is 0.944 bits per heavy atom. The molecule has 2 aromatic carbocycles. The van der Waals surface area contributed by atoms with Gasteiger partial charge in [-0.25, -0.2) is 4.98 Å². The topological polar surface area (TPSA) is 74.3 Å². The summed E-state index contributed by atoms with van der Waals surface area (Å²) in [7, 11) is 2.12. The standard InChI is InChI=1S/C29H27N5O2/c1-33-12-14-34(15-13-33)19-36-26-18-31-29-24(28(26)35)17-23(27(32-29)20-6-3-2-4-7-20)21-9-10-25-22(16-21)8-5-11-30-25/h2-11,16-18H,12-15,19H2,1H3,(H,31,32,35). The lowest BCUT2D eigenvalue weighted by molar-refractivity contribution is 0.0756. The predicted molar refractivity (Wildman–Crippen MR) is 143 cm³/mol. The number of nitrogens with zero attached hydrogens (tertiary/aromatic N) is 4. The number of pyridine rings is 3. The first-order valence-electron chi connectivity index (χ1n) is 12.2. The highest BCUT2D eigenvalue weighted by Crippen LogP contribution is 2.34. The van der Waals surface area contributed by atoms with Gasteiger partial charge in [0.1, 0.15) is 12.4 Å². The first-order chi connectivity index (χ1) is 17.7. The average molecular weight is 478 g/mol. The van der Waals surface area contributed by atoms with Crippen molar-refractivity contribution in [2.24, 2.45) is 0 Å². The van der Waals surface area contributed by atoms with E-state index in [1.54, 1.807) is 12.4 Å². The Balaban J connectivity index is 1.44. The summed E-state index contributed by atoms with van der Waals surface area (Å²) in [5.74, 6) is 0.310. The van der Waals surface area contributed by atoms with Crippen LogP contribution in [-0.4, -0.2) is 64.7 Å². The minimum absolute atomic E-state index is 0.159. The highest BCUT2D eigenvalue weighted by atomic mass is 16.5. The zero-order chi connectivity index (χ0) is 24.5.